The summed E-state index contributed by atoms with van der Waals surface area (Å²) in [5.74, 6) is -0.000448. The van der Waals surface area contributed by atoms with Crippen LogP contribution in [0.3, 0.4) is 0 Å². The Bertz CT molecular complexity index is 1280. The highest BCUT2D eigenvalue weighted by molar-refractivity contribution is 7.98. The van der Waals surface area contributed by atoms with Crippen molar-refractivity contribution in [3.05, 3.63) is 74.6 Å². The third-order valence-corrected chi connectivity index (χ3v) is 6.83. The maximum absolute atomic E-state index is 13.0. The van der Waals surface area contributed by atoms with Gasteiger partial charge in [0.1, 0.15) is 18.2 Å². The van der Waals surface area contributed by atoms with Crippen LogP contribution in [-0.4, -0.2) is 30.1 Å². The molecule has 7 nitrogen and oxygen atoms in total. The summed E-state index contributed by atoms with van der Waals surface area (Å²) in [6.45, 7) is 0.0802. The number of ether oxygens (including phenoxy) is 2. The molecule has 9 heteroatoms. The molecular formula is C26H26ClNO6S. The number of nitrogens with one attached hydrogen (secondary N) is 1. The van der Waals surface area contributed by atoms with Crippen molar-refractivity contribution in [2.75, 3.05) is 12.0 Å². The molecule has 1 heterocycles. The molecule has 1 N–H and O–H groups in total. The fourth-order valence-electron chi connectivity index (χ4n) is 4.09. The van der Waals surface area contributed by atoms with Crippen LogP contribution in [-0.2, 0) is 29.0 Å². The number of carbonyl (C=O) groups excluding carboxylic acids is 2. The van der Waals surface area contributed by atoms with Gasteiger partial charge in [-0.05, 0) is 61.3 Å². The summed E-state index contributed by atoms with van der Waals surface area (Å²) in [4.78, 5) is 37.7. The lowest BCUT2D eigenvalue weighted by atomic mass is 9.91. The molecule has 1 atom stereocenters. The SMILES string of the molecule is CSCC[C@H](NC(=O)OCc1ccccc1)C(=O)Oc1cc2oc(=O)c3c(c2cc1Cl)CCCC3. The maximum atomic E-state index is 13.0. The van der Waals surface area contributed by atoms with Gasteiger partial charge in [0.25, 0.3) is 0 Å². The highest BCUT2D eigenvalue weighted by Gasteiger charge is 2.25. The number of rotatable bonds is 8. The van der Waals surface area contributed by atoms with Crippen LogP contribution in [0, 0.1) is 0 Å². The first-order valence-corrected chi connectivity index (χ1v) is 13.2. The van der Waals surface area contributed by atoms with E-state index < -0.39 is 18.1 Å². The first kappa shape index (κ1) is 25.1. The summed E-state index contributed by atoms with van der Waals surface area (Å²) in [7, 11) is 0. The molecule has 4 rings (SSSR count). The van der Waals surface area contributed by atoms with E-state index in [1.54, 1.807) is 6.07 Å². The molecule has 1 aliphatic rings. The summed E-state index contributed by atoms with van der Waals surface area (Å²) in [6.07, 6.45) is 4.92. The molecule has 1 aliphatic carbocycles. The number of benzene rings is 2. The van der Waals surface area contributed by atoms with Crippen molar-refractivity contribution in [2.45, 2.75) is 44.8 Å². The molecule has 2 aromatic carbocycles. The number of alkyl carbamates (subject to hydrolysis) is 1. The molecule has 184 valence electrons. The van der Waals surface area contributed by atoms with Gasteiger partial charge in [-0.2, -0.15) is 11.8 Å². The van der Waals surface area contributed by atoms with E-state index in [1.165, 1.54) is 17.8 Å². The number of fused-ring (bicyclic) bond motifs is 3. The van der Waals surface area contributed by atoms with E-state index in [9.17, 15) is 14.4 Å². The van der Waals surface area contributed by atoms with Crippen molar-refractivity contribution in [1.29, 1.82) is 0 Å². The molecule has 0 aliphatic heterocycles. The van der Waals surface area contributed by atoms with Crippen molar-refractivity contribution in [3.8, 4) is 5.75 Å². The molecular weight excluding hydrogens is 490 g/mol. The number of halogens is 1. The third-order valence-electron chi connectivity index (χ3n) is 5.89. The number of carbonyl (C=O) groups is 2. The fourth-order valence-corrected chi connectivity index (χ4v) is 4.77. The van der Waals surface area contributed by atoms with Crippen molar-refractivity contribution in [2.24, 2.45) is 0 Å². The van der Waals surface area contributed by atoms with Crippen molar-refractivity contribution in [3.63, 3.8) is 0 Å². The van der Waals surface area contributed by atoms with Crippen LogP contribution in [0.25, 0.3) is 11.0 Å². The van der Waals surface area contributed by atoms with Gasteiger partial charge in [0.15, 0.2) is 5.75 Å². The molecule has 0 saturated heterocycles. The van der Waals surface area contributed by atoms with Gasteiger partial charge in [-0.25, -0.2) is 14.4 Å². The largest absolute Gasteiger partial charge is 0.445 e. The summed E-state index contributed by atoms with van der Waals surface area (Å²) < 4.78 is 16.3. The average Bonchev–Trinajstić information content (AvgIpc) is 2.87. The minimum atomic E-state index is -0.937. The lowest BCUT2D eigenvalue weighted by Gasteiger charge is -2.19. The number of aryl methyl sites for hydroxylation is 1. The highest BCUT2D eigenvalue weighted by Crippen LogP contribution is 2.34. The average molecular weight is 516 g/mol. The zero-order chi connectivity index (χ0) is 24.8. The topological polar surface area (TPSA) is 94.8 Å². The summed E-state index contributed by atoms with van der Waals surface area (Å²) in [5, 5.41) is 3.56. The Morgan fingerprint density at radius 3 is 2.63 bits per heavy atom. The van der Waals surface area contributed by atoms with Crippen LogP contribution in [0.15, 0.2) is 51.7 Å². The van der Waals surface area contributed by atoms with E-state index in [0.717, 1.165) is 35.8 Å². The number of hydrogen-bond donors (Lipinski definition) is 1. The quantitative estimate of drug-likeness (QED) is 0.248. The molecule has 35 heavy (non-hydrogen) atoms. The van der Waals surface area contributed by atoms with Crippen molar-refractivity contribution >= 4 is 46.4 Å². The maximum Gasteiger partial charge on any atom is 0.408 e. The molecule has 0 radical (unpaired) electrons. The van der Waals surface area contributed by atoms with E-state index in [0.29, 0.717) is 29.7 Å². The Kier molecular flexibility index (Phi) is 8.36. The van der Waals surface area contributed by atoms with Gasteiger partial charge in [0, 0.05) is 17.0 Å². The Hall–Kier alpha value is -2.97. The van der Waals surface area contributed by atoms with Crippen LogP contribution in [0.2, 0.25) is 5.02 Å². The Balaban J connectivity index is 1.49. The fraction of sp³-hybridized carbons (Fsp3) is 0.346. The van der Waals surface area contributed by atoms with Gasteiger partial charge in [0.05, 0.1) is 5.02 Å². The molecule has 1 aromatic heterocycles. The second-order valence-corrected chi connectivity index (χ2v) is 9.69. The summed E-state index contributed by atoms with van der Waals surface area (Å²) >= 11 is 7.98. The zero-order valence-corrected chi connectivity index (χ0v) is 20.9. The lowest BCUT2D eigenvalue weighted by Crippen LogP contribution is -2.43. The van der Waals surface area contributed by atoms with Crippen molar-refractivity contribution < 1.29 is 23.5 Å². The Morgan fingerprint density at radius 2 is 1.89 bits per heavy atom. The van der Waals surface area contributed by atoms with Crippen molar-refractivity contribution in [1.82, 2.24) is 5.32 Å². The number of esters is 1. The molecule has 1 amide bonds. The van der Waals surface area contributed by atoms with Crippen LogP contribution in [0.4, 0.5) is 4.79 Å². The second-order valence-electron chi connectivity index (χ2n) is 8.29. The molecule has 0 spiro atoms. The smallest absolute Gasteiger partial charge is 0.408 e. The highest BCUT2D eigenvalue weighted by atomic mass is 35.5. The molecule has 3 aromatic rings. The van der Waals surface area contributed by atoms with Gasteiger partial charge >= 0.3 is 17.7 Å². The number of hydrogen-bond acceptors (Lipinski definition) is 7. The molecule has 0 bridgehead atoms. The van der Waals surface area contributed by atoms with Crippen LogP contribution in [0.5, 0.6) is 5.75 Å². The van der Waals surface area contributed by atoms with Crippen LogP contribution >= 0.6 is 23.4 Å². The van der Waals surface area contributed by atoms with Gasteiger partial charge in [-0.3, -0.25) is 0 Å². The van der Waals surface area contributed by atoms with Gasteiger partial charge in [-0.15, -0.1) is 0 Å². The first-order chi connectivity index (χ1) is 17.0. The first-order valence-electron chi connectivity index (χ1n) is 11.4. The second kappa shape index (κ2) is 11.6. The van der Waals surface area contributed by atoms with E-state index in [-0.39, 0.29) is 23.0 Å². The summed E-state index contributed by atoms with van der Waals surface area (Å²) in [5.41, 5.74) is 2.42. The molecule has 0 saturated carbocycles. The predicted molar refractivity (Wildman–Crippen MR) is 136 cm³/mol. The zero-order valence-electron chi connectivity index (χ0n) is 19.3. The summed E-state index contributed by atoms with van der Waals surface area (Å²) in [6, 6.07) is 11.4. The van der Waals surface area contributed by atoms with E-state index >= 15 is 0 Å². The van der Waals surface area contributed by atoms with Gasteiger partial charge in [-0.1, -0.05) is 41.9 Å². The molecule has 0 unspecified atom stereocenters. The standard InChI is InChI=1S/C26H26ClNO6S/c1-35-12-11-21(28-26(31)32-15-16-7-3-2-4-8-16)25(30)34-23-14-22-19(13-20(23)27)17-9-5-6-10-18(17)24(29)33-22/h2-4,7-8,13-14,21H,5-6,9-12,15H2,1H3,(H,28,31)/t21-/m0/s1. The van der Waals surface area contributed by atoms with Crippen LogP contribution < -0.4 is 15.7 Å². The van der Waals surface area contributed by atoms with E-state index in [1.807, 2.05) is 36.6 Å². The van der Waals surface area contributed by atoms with Crippen LogP contribution in [0.1, 0.15) is 36.0 Å². The lowest BCUT2D eigenvalue weighted by molar-refractivity contribution is -0.136. The number of thioether (sulfide) groups is 1. The molecule has 0 fully saturated rings. The predicted octanol–water partition coefficient (Wildman–Crippen LogP) is 5.28. The van der Waals surface area contributed by atoms with Gasteiger partial charge < -0.3 is 19.2 Å². The minimum Gasteiger partial charge on any atom is -0.445 e. The van der Waals surface area contributed by atoms with Gasteiger partial charge in [0.2, 0.25) is 0 Å². The monoisotopic (exact) mass is 515 g/mol. The number of amides is 1. The van der Waals surface area contributed by atoms with E-state index in [4.69, 9.17) is 25.5 Å². The third kappa shape index (κ3) is 6.18. The Morgan fingerprint density at radius 1 is 1.14 bits per heavy atom. The van der Waals surface area contributed by atoms with E-state index in [2.05, 4.69) is 5.32 Å². The normalized spacial score (nSPS) is 13.7. The Labute approximate surface area is 212 Å². The minimum absolute atomic E-state index is 0.0664.